The molecule has 1 aromatic carbocycles. The van der Waals surface area contributed by atoms with Crippen LogP contribution in [0.25, 0.3) is 0 Å². The number of carbonyl (C=O) groups is 1. The summed E-state index contributed by atoms with van der Waals surface area (Å²) >= 11 is 1.74. The van der Waals surface area contributed by atoms with Gasteiger partial charge in [-0.05, 0) is 25.1 Å². The molecule has 0 saturated heterocycles. The lowest BCUT2D eigenvalue weighted by Crippen LogP contribution is -2.43. The van der Waals surface area contributed by atoms with E-state index < -0.39 is 0 Å². The first-order valence-corrected chi connectivity index (χ1v) is 7.26. The molecule has 20 heavy (non-hydrogen) atoms. The van der Waals surface area contributed by atoms with Crippen LogP contribution in [0.15, 0.2) is 46.1 Å². The normalized spacial score (nSPS) is 17.6. The lowest BCUT2D eigenvalue weighted by molar-refractivity contribution is 0.0973. The standard InChI is InChI=1S/C14H13N3O2S/c1-9-8-20-12-5-3-2-4-11(12)17(9)14(19)10-6-7-13(18)16-15-10/h2-7,9H,8H2,1H3,(H,16,18). The van der Waals surface area contributed by atoms with Crippen LogP contribution >= 0.6 is 11.8 Å². The largest absolute Gasteiger partial charge is 0.302 e. The molecule has 1 aromatic heterocycles. The van der Waals surface area contributed by atoms with Crippen LogP contribution in [0.2, 0.25) is 0 Å². The summed E-state index contributed by atoms with van der Waals surface area (Å²) in [5, 5.41) is 6.13. The summed E-state index contributed by atoms with van der Waals surface area (Å²) in [4.78, 5) is 26.5. The molecule has 0 saturated carbocycles. The van der Waals surface area contributed by atoms with Gasteiger partial charge in [0.05, 0.1) is 5.69 Å². The van der Waals surface area contributed by atoms with Gasteiger partial charge in [-0.3, -0.25) is 9.59 Å². The summed E-state index contributed by atoms with van der Waals surface area (Å²) < 4.78 is 0. The van der Waals surface area contributed by atoms with E-state index >= 15 is 0 Å². The Balaban J connectivity index is 2.02. The number of hydrogen-bond acceptors (Lipinski definition) is 4. The van der Waals surface area contributed by atoms with E-state index in [-0.39, 0.29) is 23.2 Å². The number of carbonyl (C=O) groups excluding carboxylic acids is 1. The third kappa shape index (κ3) is 2.22. The number of benzene rings is 1. The Kier molecular flexibility index (Phi) is 3.31. The number of hydrogen-bond donors (Lipinski definition) is 1. The molecule has 3 rings (SSSR count). The third-order valence-corrected chi connectivity index (χ3v) is 4.47. The monoisotopic (exact) mass is 287 g/mol. The highest BCUT2D eigenvalue weighted by Crippen LogP contribution is 2.37. The Bertz CT molecular complexity index is 693. The van der Waals surface area contributed by atoms with Crippen LogP contribution in [-0.2, 0) is 0 Å². The highest BCUT2D eigenvalue weighted by Gasteiger charge is 2.29. The molecular weight excluding hydrogens is 274 g/mol. The van der Waals surface area contributed by atoms with Crippen LogP contribution in [0.3, 0.4) is 0 Å². The van der Waals surface area contributed by atoms with Crippen LogP contribution < -0.4 is 10.5 Å². The lowest BCUT2D eigenvalue weighted by Gasteiger charge is -2.34. The fourth-order valence-corrected chi connectivity index (χ4v) is 3.26. The third-order valence-electron chi connectivity index (χ3n) is 3.16. The zero-order valence-electron chi connectivity index (χ0n) is 10.9. The molecule has 5 nitrogen and oxygen atoms in total. The van der Waals surface area contributed by atoms with Crippen LogP contribution in [0.4, 0.5) is 5.69 Å². The van der Waals surface area contributed by atoms with Gasteiger partial charge in [0, 0.05) is 22.8 Å². The first-order chi connectivity index (χ1) is 9.66. The van der Waals surface area contributed by atoms with Crippen molar-refractivity contribution in [2.45, 2.75) is 17.9 Å². The van der Waals surface area contributed by atoms with Gasteiger partial charge in [-0.25, -0.2) is 5.10 Å². The van der Waals surface area contributed by atoms with Crippen molar-refractivity contribution in [3.05, 3.63) is 52.4 Å². The van der Waals surface area contributed by atoms with E-state index in [4.69, 9.17) is 0 Å². The predicted molar refractivity (Wildman–Crippen MR) is 78.3 cm³/mol. The molecular formula is C14H13N3O2S. The Labute approximate surface area is 120 Å². The number of fused-ring (bicyclic) bond motifs is 1. The average molecular weight is 287 g/mol. The minimum absolute atomic E-state index is 0.0797. The molecule has 2 heterocycles. The number of nitrogens with one attached hydrogen (secondary N) is 1. The summed E-state index contributed by atoms with van der Waals surface area (Å²) in [7, 11) is 0. The number of H-pyrrole nitrogens is 1. The van der Waals surface area contributed by atoms with Gasteiger partial charge in [0.25, 0.3) is 11.5 Å². The summed E-state index contributed by atoms with van der Waals surface area (Å²) in [5.74, 6) is 0.646. The summed E-state index contributed by atoms with van der Waals surface area (Å²) in [6, 6.07) is 10.7. The Hall–Kier alpha value is -2.08. The van der Waals surface area contributed by atoms with Gasteiger partial charge in [-0.2, -0.15) is 5.10 Å². The van der Waals surface area contributed by atoms with Crippen molar-refractivity contribution < 1.29 is 4.79 Å². The van der Waals surface area contributed by atoms with Crippen molar-refractivity contribution in [2.75, 3.05) is 10.7 Å². The fraction of sp³-hybridized carbons (Fsp3) is 0.214. The first kappa shape index (κ1) is 12.9. The average Bonchev–Trinajstić information content (AvgIpc) is 2.47. The second-order valence-corrected chi connectivity index (χ2v) is 5.67. The van der Waals surface area contributed by atoms with E-state index in [1.54, 1.807) is 16.7 Å². The molecule has 0 spiro atoms. The second-order valence-electron chi connectivity index (χ2n) is 4.61. The van der Waals surface area contributed by atoms with E-state index in [1.165, 1.54) is 12.1 Å². The molecule has 1 aliphatic heterocycles. The Morgan fingerprint density at radius 3 is 2.90 bits per heavy atom. The number of anilines is 1. The minimum atomic E-state index is -0.316. The van der Waals surface area contributed by atoms with Crippen molar-refractivity contribution in [1.29, 1.82) is 0 Å². The molecule has 0 fully saturated rings. The molecule has 1 unspecified atom stereocenters. The maximum absolute atomic E-state index is 12.6. The highest BCUT2D eigenvalue weighted by atomic mass is 32.2. The van der Waals surface area contributed by atoms with Gasteiger partial charge < -0.3 is 4.90 Å². The Morgan fingerprint density at radius 2 is 2.15 bits per heavy atom. The maximum Gasteiger partial charge on any atom is 0.279 e. The zero-order valence-corrected chi connectivity index (χ0v) is 11.7. The molecule has 1 aliphatic rings. The van der Waals surface area contributed by atoms with Gasteiger partial charge in [0.15, 0.2) is 0 Å². The summed E-state index contributed by atoms with van der Waals surface area (Å²) in [5.41, 5.74) is 0.830. The van der Waals surface area contributed by atoms with Crippen LogP contribution in [-0.4, -0.2) is 27.9 Å². The molecule has 102 valence electrons. The maximum atomic E-state index is 12.6. The van der Waals surface area contributed by atoms with Crippen LogP contribution in [0, 0.1) is 0 Å². The SMILES string of the molecule is CC1CSc2ccccc2N1C(=O)c1ccc(=O)[nH]n1. The second kappa shape index (κ2) is 5.13. The highest BCUT2D eigenvalue weighted by molar-refractivity contribution is 7.99. The van der Waals surface area contributed by atoms with Gasteiger partial charge in [-0.1, -0.05) is 12.1 Å². The zero-order chi connectivity index (χ0) is 14.1. The Morgan fingerprint density at radius 1 is 1.35 bits per heavy atom. The molecule has 0 aliphatic carbocycles. The minimum Gasteiger partial charge on any atom is -0.302 e. The van der Waals surface area contributed by atoms with Crippen molar-refractivity contribution in [2.24, 2.45) is 0 Å². The van der Waals surface area contributed by atoms with Crippen molar-refractivity contribution in [1.82, 2.24) is 10.2 Å². The molecule has 1 amide bonds. The first-order valence-electron chi connectivity index (χ1n) is 6.28. The molecule has 2 aromatic rings. The van der Waals surface area contributed by atoms with E-state index in [2.05, 4.69) is 10.2 Å². The van der Waals surface area contributed by atoms with Crippen LogP contribution in [0.1, 0.15) is 17.4 Å². The predicted octanol–water partition coefficient (Wildman–Crippen LogP) is 1.91. The van der Waals surface area contributed by atoms with E-state index in [1.807, 2.05) is 31.2 Å². The quantitative estimate of drug-likeness (QED) is 0.870. The van der Waals surface area contributed by atoms with Gasteiger partial charge in [-0.15, -0.1) is 11.8 Å². The number of rotatable bonds is 1. The summed E-state index contributed by atoms with van der Waals surface area (Å²) in [6.45, 7) is 2.01. The number of amides is 1. The van der Waals surface area contributed by atoms with Gasteiger partial charge in [0.1, 0.15) is 5.69 Å². The number of aromatic amines is 1. The van der Waals surface area contributed by atoms with E-state index in [0.29, 0.717) is 0 Å². The lowest BCUT2D eigenvalue weighted by atomic mass is 10.2. The topological polar surface area (TPSA) is 66.1 Å². The molecule has 0 radical (unpaired) electrons. The van der Waals surface area contributed by atoms with Crippen LogP contribution in [0.5, 0.6) is 0 Å². The number of nitrogens with zero attached hydrogens (tertiary/aromatic N) is 2. The van der Waals surface area contributed by atoms with E-state index in [9.17, 15) is 9.59 Å². The van der Waals surface area contributed by atoms with Crippen molar-refractivity contribution in [3.63, 3.8) is 0 Å². The number of para-hydroxylation sites is 1. The smallest absolute Gasteiger partial charge is 0.279 e. The molecule has 6 heteroatoms. The summed E-state index contributed by atoms with van der Waals surface area (Å²) in [6.07, 6.45) is 0. The van der Waals surface area contributed by atoms with Gasteiger partial charge in [0.2, 0.25) is 0 Å². The van der Waals surface area contributed by atoms with E-state index in [0.717, 1.165) is 16.3 Å². The molecule has 1 atom stereocenters. The number of aromatic nitrogens is 2. The number of thioether (sulfide) groups is 1. The fourth-order valence-electron chi connectivity index (χ4n) is 2.20. The van der Waals surface area contributed by atoms with Crippen molar-refractivity contribution >= 4 is 23.4 Å². The van der Waals surface area contributed by atoms with Gasteiger partial charge >= 0.3 is 0 Å². The molecule has 0 bridgehead atoms. The molecule has 1 N–H and O–H groups in total. The van der Waals surface area contributed by atoms with Crippen molar-refractivity contribution in [3.8, 4) is 0 Å².